The molecule has 4 rings (SSSR count). The topological polar surface area (TPSA) is 85.2 Å². The number of methoxy groups -OCH3 is 2. The van der Waals surface area contributed by atoms with Gasteiger partial charge in [0.15, 0.2) is 11.5 Å². The van der Waals surface area contributed by atoms with Crippen molar-refractivity contribution in [3.05, 3.63) is 68.5 Å². The molecule has 10 heteroatoms. The van der Waals surface area contributed by atoms with E-state index in [1.807, 2.05) is 45.0 Å². The lowest BCUT2D eigenvalue weighted by Crippen LogP contribution is -2.30. The molecule has 1 fully saturated rings. The van der Waals surface area contributed by atoms with Crippen molar-refractivity contribution in [2.75, 3.05) is 26.1 Å². The molecule has 0 radical (unpaired) electrons. The van der Waals surface area contributed by atoms with Gasteiger partial charge in [0.05, 0.1) is 24.7 Å². The van der Waals surface area contributed by atoms with Crippen molar-refractivity contribution in [3.8, 4) is 11.5 Å². The van der Waals surface area contributed by atoms with Crippen LogP contribution in [0, 0.1) is 6.92 Å². The van der Waals surface area contributed by atoms with Gasteiger partial charge in [-0.3, -0.25) is 18.9 Å². The second-order valence-electron chi connectivity index (χ2n) is 8.64. The number of thiocarbonyl (C=S) groups is 1. The number of hydrogen-bond donors (Lipinski definition) is 1. The Kier molecular flexibility index (Phi) is 7.65. The first-order chi connectivity index (χ1) is 17.2. The molecule has 0 saturated carbocycles. The largest absolute Gasteiger partial charge is 0.493 e. The fraction of sp³-hybridized carbons (Fsp3) is 0.308. The summed E-state index contributed by atoms with van der Waals surface area (Å²) in [6.07, 6.45) is 3.87. The number of fused-ring (bicyclic) bond motifs is 1. The van der Waals surface area contributed by atoms with Gasteiger partial charge in [-0.15, -0.1) is 0 Å². The minimum absolute atomic E-state index is 0.0477. The zero-order valence-corrected chi connectivity index (χ0v) is 22.5. The monoisotopic (exact) mass is 524 g/mol. The van der Waals surface area contributed by atoms with Gasteiger partial charge in [-0.05, 0) is 62.6 Å². The molecule has 3 aromatic rings. The van der Waals surface area contributed by atoms with Crippen LogP contribution >= 0.6 is 24.0 Å². The maximum atomic E-state index is 13.4. The Morgan fingerprint density at radius 3 is 2.61 bits per heavy atom. The van der Waals surface area contributed by atoms with Crippen LogP contribution in [0.25, 0.3) is 11.7 Å². The maximum Gasteiger partial charge on any atom is 0.267 e. The zero-order chi connectivity index (χ0) is 26.0. The first kappa shape index (κ1) is 25.7. The fourth-order valence-corrected chi connectivity index (χ4v) is 5.22. The zero-order valence-electron chi connectivity index (χ0n) is 20.8. The Hall–Kier alpha value is -3.37. The molecule has 3 heterocycles. The Morgan fingerprint density at radius 1 is 1.17 bits per heavy atom. The summed E-state index contributed by atoms with van der Waals surface area (Å²) >= 11 is 6.70. The van der Waals surface area contributed by atoms with E-state index in [9.17, 15) is 9.59 Å². The summed E-state index contributed by atoms with van der Waals surface area (Å²) in [7, 11) is 3.17. The number of anilines is 1. The second kappa shape index (κ2) is 10.7. The Balaban J connectivity index is 1.64. The van der Waals surface area contributed by atoms with Crippen molar-refractivity contribution < 1.29 is 14.3 Å². The molecule has 0 spiro atoms. The predicted octanol–water partition coefficient (Wildman–Crippen LogP) is 4.28. The van der Waals surface area contributed by atoms with E-state index in [2.05, 4.69) is 5.32 Å². The van der Waals surface area contributed by atoms with Crippen LogP contribution in [0.4, 0.5) is 5.82 Å². The van der Waals surface area contributed by atoms with E-state index < -0.39 is 0 Å². The van der Waals surface area contributed by atoms with Crippen LogP contribution in [0.15, 0.2) is 46.2 Å². The Labute approximate surface area is 219 Å². The number of pyridine rings is 1. The summed E-state index contributed by atoms with van der Waals surface area (Å²) in [5.41, 5.74) is 2.52. The van der Waals surface area contributed by atoms with E-state index in [1.165, 1.54) is 16.2 Å². The van der Waals surface area contributed by atoms with E-state index in [1.54, 1.807) is 37.5 Å². The number of carbonyl (C=O) groups excluding carboxylic acids is 1. The number of hydrogen-bond acceptors (Lipinski definition) is 8. The van der Waals surface area contributed by atoms with E-state index in [0.717, 1.165) is 11.1 Å². The van der Waals surface area contributed by atoms with Gasteiger partial charge in [0, 0.05) is 18.8 Å². The summed E-state index contributed by atoms with van der Waals surface area (Å²) in [5, 5.41) is 3.25. The van der Waals surface area contributed by atoms with Crippen LogP contribution in [0.3, 0.4) is 0 Å². The number of carbonyl (C=O) groups is 1. The second-order valence-corrected chi connectivity index (χ2v) is 10.3. The summed E-state index contributed by atoms with van der Waals surface area (Å²) in [4.78, 5) is 33.4. The van der Waals surface area contributed by atoms with Gasteiger partial charge >= 0.3 is 0 Å². The third kappa shape index (κ3) is 5.10. The summed E-state index contributed by atoms with van der Waals surface area (Å²) in [6.45, 7) is 6.25. The van der Waals surface area contributed by atoms with Crippen LogP contribution in [0.5, 0.6) is 11.5 Å². The van der Waals surface area contributed by atoms with Gasteiger partial charge in [-0.25, -0.2) is 4.98 Å². The summed E-state index contributed by atoms with van der Waals surface area (Å²) in [6, 6.07) is 9.42. The summed E-state index contributed by atoms with van der Waals surface area (Å²) in [5.74, 6) is 1.49. The molecular weight excluding hydrogens is 496 g/mol. The van der Waals surface area contributed by atoms with E-state index >= 15 is 0 Å². The molecule has 36 heavy (non-hydrogen) atoms. The molecule has 188 valence electrons. The number of nitrogens with zero attached hydrogens (tertiary/aromatic N) is 3. The standard InChI is InChI=1S/C26H28N4O4S2/c1-15(2)27-22-18(24(31)29-11-6-7-16(3)23(29)28-22)14-21-25(32)30(26(35)36-21)12-10-17-8-9-19(33-4)20(13-17)34-5/h6-9,11,13-15,27H,10,12H2,1-5H3/b21-14-. The molecule has 0 atom stereocenters. The van der Waals surface area contributed by atoms with Gasteiger partial charge in [-0.1, -0.05) is 36.1 Å². The lowest BCUT2D eigenvalue weighted by molar-refractivity contribution is -0.122. The molecular formula is C26H28N4O4S2. The third-order valence-corrected chi connectivity index (χ3v) is 7.11. The lowest BCUT2D eigenvalue weighted by atomic mass is 10.1. The molecule has 2 aromatic heterocycles. The Morgan fingerprint density at radius 2 is 1.92 bits per heavy atom. The maximum absolute atomic E-state index is 13.4. The van der Waals surface area contributed by atoms with Crippen molar-refractivity contribution in [3.63, 3.8) is 0 Å². The Bertz CT molecular complexity index is 1430. The van der Waals surface area contributed by atoms with Gasteiger partial charge < -0.3 is 14.8 Å². The van der Waals surface area contributed by atoms with Gasteiger partial charge in [0.25, 0.3) is 11.5 Å². The van der Waals surface area contributed by atoms with Crippen LogP contribution in [0.1, 0.15) is 30.5 Å². The van der Waals surface area contributed by atoms with Gasteiger partial charge in [-0.2, -0.15) is 0 Å². The molecule has 1 saturated heterocycles. The van der Waals surface area contributed by atoms with Crippen molar-refractivity contribution in [2.24, 2.45) is 0 Å². The SMILES string of the molecule is COc1ccc(CCN2C(=O)/C(=C/c3c(NC(C)C)nc4c(C)cccn4c3=O)SC2=S)cc1OC. The molecule has 1 aliphatic rings. The molecule has 0 unspecified atom stereocenters. The lowest BCUT2D eigenvalue weighted by Gasteiger charge is -2.15. The average molecular weight is 525 g/mol. The van der Waals surface area contributed by atoms with E-state index in [0.29, 0.717) is 50.7 Å². The van der Waals surface area contributed by atoms with E-state index in [4.69, 9.17) is 26.7 Å². The highest BCUT2D eigenvalue weighted by Crippen LogP contribution is 2.34. The highest BCUT2D eigenvalue weighted by molar-refractivity contribution is 8.26. The first-order valence-electron chi connectivity index (χ1n) is 11.5. The number of aromatic nitrogens is 2. The van der Waals surface area contributed by atoms with Crippen LogP contribution in [-0.4, -0.2) is 51.3 Å². The first-order valence-corrected chi connectivity index (χ1v) is 12.7. The number of benzene rings is 1. The number of aryl methyl sites for hydroxylation is 1. The predicted molar refractivity (Wildman–Crippen MR) is 148 cm³/mol. The van der Waals surface area contributed by atoms with Crippen molar-refractivity contribution in [1.29, 1.82) is 0 Å². The molecule has 8 nitrogen and oxygen atoms in total. The average Bonchev–Trinajstić information content (AvgIpc) is 3.12. The normalized spacial score (nSPS) is 14.8. The molecule has 1 N–H and O–H groups in total. The highest BCUT2D eigenvalue weighted by atomic mass is 32.2. The number of rotatable bonds is 8. The van der Waals surface area contributed by atoms with Gasteiger partial charge in [0.2, 0.25) is 0 Å². The van der Waals surface area contributed by atoms with Crippen LogP contribution in [-0.2, 0) is 11.2 Å². The number of ether oxygens (including phenoxy) is 2. The van der Waals surface area contributed by atoms with Crippen LogP contribution in [0.2, 0.25) is 0 Å². The minimum Gasteiger partial charge on any atom is -0.493 e. The van der Waals surface area contributed by atoms with Crippen molar-refractivity contribution in [2.45, 2.75) is 33.2 Å². The molecule has 1 amide bonds. The molecule has 1 aliphatic heterocycles. The number of thioether (sulfide) groups is 1. The number of nitrogens with one attached hydrogen (secondary N) is 1. The van der Waals surface area contributed by atoms with Crippen molar-refractivity contribution in [1.82, 2.24) is 14.3 Å². The van der Waals surface area contributed by atoms with Gasteiger partial charge in [0.1, 0.15) is 15.8 Å². The quantitative estimate of drug-likeness (QED) is 0.345. The number of amides is 1. The smallest absolute Gasteiger partial charge is 0.267 e. The molecule has 0 bridgehead atoms. The molecule has 0 aliphatic carbocycles. The molecule has 1 aromatic carbocycles. The van der Waals surface area contributed by atoms with Crippen molar-refractivity contribution >= 4 is 51.7 Å². The highest BCUT2D eigenvalue weighted by Gasteiger charge is 2.32. The van der Waals surface area contributed by atoms with Crippen LogP contribution < -0.4 is 20.3 Å². The third-order valence-electron chi connectivity index (χ3n) is 5.73. The summed E-state index contributed by atoms with van der Waals surface area (Å²) < 4.78 is 12.6. The van der Waals surface area contributed by atoms with E-state index in [-0.39, 0.29) is 17.5 Å². The fourth-order valence-electron chi connectivity index (χ4n) is 3.93. The minimum atomic E-state index is -0.248.